The van der Waals surface area contributed by atoms with Gasteiger partial charge in [0.2, 0.25) is 12.1 Å². The molecule has 4 aliphatic heterocycles. The zero-order valence-electron chi connectivity index (χ0n) is 20.8. The molecule has 192 valence electrons. The summed E-state index contributed by atoms with van der Waals surface area (Å²) in [5.74, 6) is 2.30. The minimum Gasteiger partial charge on any atom is -0.458 e. The Labute approximate surface area is 212 Å². The summed E-state index contributed by atoms with van der Waals surface area (Å²) < 4.78 is 5.73. The second-order valence-corrected chi connectivity index (χ2v) is 9.99. The number of β-amino-alcohol motifs (C(OH)–C–C–N with tert-alkyl or cyclic N) is 1. The molecule has 36 heavy (non-hydrogen) atoms. The lowest BCUT2D eigenvalue weighted by Gasteiger charge is -2.24. The van der Waals surface area contributed by atoms with Crippen LogP contribution in [0.3, 0.4) is 0 Å². The van der Waals surface area contributed by atoms with E-state index in [1.807, 2.05) is 0 Å². The second-order valence-electron chi connectivity index (χ2n) is 9.99. The van der Waals surface area contributed by atoms with Gasteiger partial charge in [0.05, 0.1) is 24.4 Å². The maximum atomic E-state index is 9.27. The summed E-state index contributed by atoms with van der Waals surface area (Å²) in [5.41, 5.74) is 7.24. The summed E-state index contributed by atoms with van der Waals surface area (Å²) in [6, 6.07) is 8.62. The first kappa shape index (κ1) is 23.3. The topological polar surface area (TPSA) is 105 Å². The van der Waals surface area contributed by atoms with E-state index in [0.717, 1.165) is 80.9 Å². The van der Waals surface area contributed by atoms with Crippen LogP contribution in [0.15, 0.2) is 29.4 Å². The van der Waals surface area contributed by atoms with Gasteiger partial charge in [-0.25, -0.2) is 4.98 Å². The monoisotopic (exact) mass is 492 g/mol. The fourth-order valence-electron chi connectivity index (χ4n) is 5.45. The summed E-state index contributed by atoms with van der Waals surface area (Å²) in [6.45, 7) is 7.55. The number of ether oxygens (including phenoxy) is 1. The van der Waals surface area contributed by atoms with Crippen LogP contribution >= 0.6 is 0 Å². The fourth-order valence-corrected chi connectivity index (χ4v) is 5.45. The molecule has 4 aliphatic rings. The zero-order valence-corrected chi connectivity index (χ0v) is 20.8. The van der Waals surface area contributed by atoms with Crippen molar-refractivity contribution < 1.29 is 9.84 Å². The van der Waals surface area contributed by atoms with Crippen molar-refractivity contribution in [1.82, 2.24) is 20.3 Å². The minimum absolute atomic E-state index is 0.172. The fraction of sp³-hybridized carbons (Fsp3) is 0.577. The third-order valence-electron chi connectivity index (χ3n) is 7.51. The number of aromatic nitrogens is 2. The van der Waals surface area contributed by atoms with E-state index in [-0.39, 0.29) is 12.7 Å². The number of hydrogen-bond donors (Lipinski definition) is 3. The molecule has 0 amide bonds. The third-order valence-corrected chi connectivity index (χ3v) is 7.51. The quantitative estimate of drug-likeness (QED) is 0.525. The lowest BCUT2D eigenvalue weighted by molar-refractivity contribution is 0.204. The Balaban J connectivity index is 1.23. The highest BCUT2D eigenvalue weighted by Crippen LogP contribution is 2.41. The van der Waals surface area contributed by atoms with Crippen molar-refractivity contribution in [1.29, 1.82) is 0 Å². The number of rotatable bonds is 6. The molecule has 0 radical (unpaired) electrons. The van der Waals surface area contributed by atoms with Crippen molar-refractivity contribution in [2.24, 2.45) is 5.10 Å². The van der Waals surface area contributed by atoms with Gasteiger partial charge in [-0.05, 0) is 50.1 Å². The van der Waals surface area contributed by atoms with Crippen LogP contribution in [-0.4, -0.2) is 78.3 Å². The lowest BCUT2D eigenvalue weighted by Crippen LogP contribution is -2.32. The summed E-state index contributed by atoms with van der Waals surface area (Å²) in [4.78, 5) is 17.1. The minimum atomic E-state index is -0.172. The molecule has 1 aromatic carbocycles. The maximum absolute atomic E-state index is 9.27. The molecule has 0 spiro atoms. The zero-order chi connectivity index (χ0) is 24.3. The van der Waals surface area contributed by atoms with Crippen LogP contribution in [-0.2, 0) is 11.3 Å². The largest absolute Gasteiger partial charge is 0.458 e. The van der Waals surface area contributed by atoms with Gasteiger partial charge in [-0.1, -0.05) is 12.8 Å². The number of hydrazone groups is 1. The predicted octanol–water partition coefficient (Wildman–Crippen LogP) is 2.59. The molecule has 3 fully saturated rings. The molecule has 2 aromatic rings. The molecule has 1 unspecified atom stereocenters. The van der Waals surface area contributed by atoms with Crippen LogP contribution in [0.2, 0.25) is 0 Å². The number of anilines is 4. The number of aliphatic hydroxyl groups excluding tert-OH is 1. The molecular weight excluding hydrogens is 456 g/mol. The lowest BCUT2D eigenvalue weighted by atomic mass is 10.1. The van der Waals surface area contributed by atoms with Crippen molar-refractivity contribution in [2.45, 2.75) is 44.8 Å². The standard InChI is InChI=1S/C26H36N8O2/c35-17-16-32-10-5-13-33(15-14-32)20-8-6-19(7-9-20)28-24-22-21(18-27-31-25-23(22)36-25)29-26(30-24)34-11-3-1-2-4-12-34/h6-9,23,27,35H,1-5,10-18H2,(H,28,29,30). The molecular formula is C26H36N8O2. The third kappa shape index (κ3) is 5.05. The summed E-state index contributed by atoms with van der Waals surface area (Å²) >= 11 is 0. The van der Waals surface area contributed by atoms with E-state index in [0.29, 0.717) is 12.4 Å². The van der Waals surface area contributed by atoms with Gasteiger partial charge in [0, 0.05) is 50.6 Å². The Bertz CT molecular complexity index is 1080. The van der Waals surface area contributed by atoms with Crippen LogP contribution in [0.4, 0.5) is 23.1 Å². The van der Waals surface area contributed by atoms with Gasteiger partial charge < -0.3 is 30.4 Å². The van der Waals surface area contributed by atoms with Gasteiger partial charge in [0.15, 0.2) is 0 Å². The first-order chi connectivity index (χ1) is 17.8. The number of nitrogens with zero attached hydrogens (tertiary/aromatic N) is 6. The van der Waals surface area contributed by atoms with E-state index in [1.54, 1.807) is 0 Å². The number of benzene rings is 1. The maximum Gasteiger partial charge on any atom is 0.253 e. The summed E-state index contributed by atoms with van der Waals surface area (Å²) in [5, 5.41) is 17.2. The van der Waals surface area contributed by atoms with Gasteiger partial charge in [0.1, 0.15) is 5.82 Å². The van der Waals surface area contributed by atoms with Crippen LogP contribution in [0.5, 0.6) is 0 Å². The Morgan fingerprint density at radius 3 is 2.53 bits per heavy atom. The summed E-state index contributed by atoms with van der Waals surface area (Å²) in [6.07, 6.45) is 5.82. The SMILES string of the molecule is OCCN1CCCN(c2ccc(Nc3nc(N4CCCCCC4)nc4c3C3OC3=NNC4)cc2)CC1. The highest BCUT2D eigenvalue weighted by molar-refractivity contribution is 5.96. The van der Waals surface area contributed by atoms with Gasteiger partial charge in [-0.3, -0.25) is 4.90 Å². The smallest absolute Gasteiger partial charge is 0.253 e. The van der Waals surface area contributed by atoms with Crippen molar-refractivity contribution >= 4 is 29.0 Å². The van der Waals surface area contributed by atoms with Crippen molar-refractivity contribution in [2.75, 3.05) is 67.5 Å². The Morgan fingerprint density at radius 2 is 1.72 bits per heavy atom. The Morgan fingerprint density at radius 1 is 0.917 bits per heavy atom. The summed E-state index contributed by atoms with van der Waals surface area (Å²) in [7, 11) is 0. The molecule has 5 heterocycles. The number of epoxide rings is 1. The molecule has 0 aliphatic carbocycles. The van der Waals surface area contributed by atoms with Crippen LogP contribution in [0, 0.1) is 0 Å². The van der Waals surface area contributed by atoms with E-state index in [9.17, 15) is 5.11 Å². The number of nitrogens with one attached hydrogen (secondary N) is 2. The average molecular weight is 493 g/mol. The molecule has 10 nitrogen and oxygen atoms in total. The van der Waals surface area contributed by atoms with Crippen molar-refractivity contribution in [3.05, 3.63) is 35.5 Å². The van der Waals surface area contributed by atoms with Gasteiger partial charge in [-0.2, -0.15) is 4.98 Å². The number of fused-ring (bicyclic) bond motifs is 3. The first-order valence-corrected chi connectivity index (χ1v) is 13.4. The van der Waals surface area contributed by atoms with E-state index >= 15 is 0 Å². The molecule has 3 saturated heterocycles. The predicted molar refractivity (Wildman–Crippen MR) is 141 cm³/mol. The van der Waals surface area contributed by atoms with Crippen molar-refractivity contribution in [3.63, 3.8) is 0 Å². The molecule has 0 bridgehead atoms. The molecule has 3 N–H and O–H groups in total. The molecule has 6 rings (SSSR count). The van der Waals surface area contributed by atoms with Crippen LogP contribution in [0.1, 0.15) is 49.5 Å². The Hall–Kier alpha value is -3.11. The van der Waals surface area contributed by atoms with Crippen LogP contribution < -0.4 is 20.5 Å². The van der Waals surface area contributed by atoms with E-state index in [2.05, 4.69) is 54.8 Å². The second kappa shape index (κ2) is 10.5. The molecule has 0 saturated carbocycles. The van der Waals surface area contributed by atoms with E-state index in [1.165, 1.54) is 31.4 Å². The molecule has 10 heteroatoms. The van der Waals surface area contributed by atoms with Crippen LogP contribution in [0.25, 0.3) is 0 Å². The van der Waals surface area contributed by atoms with Crippen molar-refractivity contribution in [3.8, 4) is 0 Å². The first-order valence-electron chi connectivity index (χ1n) is 13.4. The van der Waals surface area contributed by atoms with E-state index < -0.39 is 0 Å². The van der Waals surface area contributed by atoms with E-state index in [4.69, 9.17) is 14.7 Å². The van der Waals surface area contributed by atoms with Gasteiger partial charge in [-0.15, -0.1) is 5.10 Å². The average Bonchev–Trinajstić information content (AvgIpc) is 3.71. The number of aliphatic hydroxyl groups is 1. The molecule has 1 aromatic heterocycles. The van der Waals surface area contributed by atoms with Gasteiger partial charge >= 0.3 is 0 Å². The molecule has 1 atom stereocenters. The normalized spacial score (nSPS) is 22.1. The highest BCUT2D eigenvalue weighted by atomic mass is 16.6. The van der Waals surface area contributed by atoms with Gasteiger partial charge in [0.25, 0.3) is 5.90 Å². The highest BCUT2D eigenvalue weighted by Gasteiger charge is 2.44. The Kier molecular flexibility index (Phi) is 6.78. The number of hydrogen-bond acceptors (Lipinski definition) is 10.